The van der Waals surface area contributed by atoms with Gasteiger partial charge in [-0.2, -0.15) is 0 Å². The van der Waals surface area contributed by atoms with E-state index in [0.717, 1.165) is 16.6 Å². The van der Waals surface area contributed by atoms with Crippen LogP contribution in [0.1, 0.15) is 27.0 Å². The van der Waals surface area contributed by atoms with Crippen molar-refractivity contribution >= 4 is 34.5 Å². The summed E-state index contributed by atoms with van der Waals surface area (Å²) in [6, 6.07) is 21.5. The first-order valence-corrected chi connectivity index (χ1v) is 10.3. The zero-order chi connectivity index (χ0) is 23.4. The highest BCUT2D eigenvalue weighted by molar-refractivity contribution is 6.05. The molecule has 0 spiro atoms. The molecule has 0 unspecified atom stereocenters. The number of aryl methyl sites for hydroxylation is 2. The van der Waals surface area contributed by atoms with Crippen LogP contribution in [0.15, 0.2) is 88.7 Å². The maximum atomic E-state index is 13.0. The van der Waals surface area contributed by atoms with Crippen molar-refractivity contribution in [3.63, 3.8) is 0 Å². The van der Waals surface area contributed by atoms with E-state index in [9.17, 15) is 14.7 Å². The Balaban J connectivity index is 1.68. The SMILES string of the molecule is Cc1cc(C)c2[nH]c(O)c(N=NC(=O)/C(=C\c3ccccc3)NC(=O)c3ccccc3)c2c1. The lowest BCUT2D eigenvalue weighted by Crippen LogP contribution is -2.26. The number of amides is 2. The van der Waals surface area contributed by atoms with Gasteiger partial charge in [-0.3, -0.25) is 9.59 Å². The summed E-state index contributed by atoms with van der Waals surface area (Å²) in [5, 5.41) is 21.4. The van der Waals surface area contributed by atoms with Gasteiger partial charge in [0, 0.05) is 10.9 Å². The molecule has 0 radical (unpaired) electrons. The smallest absolute Gasteiger partial charge is 0.311 e. The molecular formula is C26H22N4O3. The Morgan fingerprint density at radius 1 is 0.970 bits per heavy atom. The molecule has 0 saturated carbocycles. The van der Waals surface area contributed by atoms with E-state index in [2.05, 4.69) is 20.5 Å². The van der Waals surface area contributed by atoms with Crippen LogP contribution in [-0.4, -0.2) is 21.9 Å². The number of rotatable bonds is 5. The van der Waals surface area contributed by atoms with Crippen LogP contribution in [0.4, 0.5) is 5.69 Å². The predicted molar refractivity (Wildman–Crippen MR) is 127 cm³/mol. The van der Waals surface area contributed by atoms with E-state index in [0.29, 0.717) is 16.5 Å². The number of carbonyl (C=O) groups is 2. The second-order valence-corrected chi connectivity index (χ2v) is 7.62. The van der Waals surface area contributed by atoms with Crippen LogP contribution in [0.3, 0.4) is 0 Å². The number of aromatic nitrogens is 1. The maximum Gasteiger partial charge on any atom is 0.311 e. The van der Waals surface area contributed by atoms with Gasteiger partial charge in [-0.1, -0.05) is 60.2 Å². The fourth-order valence-corrected chi connectivity index (χ4v) is 3.53. The standard InChI is InChI=1S/C26H22N4O3/c1-16-13-17(2)22-20(14-16)23(26(33)28-22)29-30-25(32)21(15-18-9-5-3-6-10-18)27-24(31)19-11-7-4-8-12-19/h3-15,28,33H,1-2H3,(H,27,31)/b21-15+,30-29?. The highest BCUT2D eigenvalue weighted by Gasteiger charge is 2.17. The number of aromatic amines is 1. The molecule has 4 aromatic rings. The molecule has 3 N–H and O–H groups in total. The molecule has 7 nitrogen and oxygen atoms in total. The Labute approximate surface area is 190 Å². The number of benzene rings is 3. The maximum absolute atomic E-state index is 13.0. The number of azo groups is 1. The minimum atomic E-state index is -0.749. The van der Waals surface area contributed by atoms with E-state index in [-0.39, 0.29) is 17.3 Å². The van der Waals surface area contributed by atoms with Crippen LogP contribution in [0.25, 0.3) is 17.0 Å². The Morgan fingerprint density at radius 2 is 1.64 bits per heavy atom. The molecule has 0 aliphatic carbocycles. The summed E-state index contributed by atoms with van der Waals surface area (Å²) in [5.74, 6) is -1.37. The van der Waals surface area contributed by atoms with Crippen LogP contribution < -0.4 is 5.32 Å². The lowest BCUT2D eigenvalue weighted by molar-refractivity contribution is -0.115. The van der Waals surface area contributed by atoms with Gasteiger partial charge in [-0.25, -0.2) is 0 Å². The average Bonchev–Trinajstić information content (AvgIpc) is 3.13. The predicted octanol–water partition coefficient (Wildman–Crippen LogP) is 5.57. The first-order valence-electron chi connectivity index (χ1n) is 10.3. The highest BCUT2D eigenvalue weighted by atomic mass is 16.3. The fourth-order valence-electron chi connectivity index (χ4n) is 3.53. The number of hydrogen-bond acceptors (Lipinski definition) is 4. The Morgan fingerprint density at radius 3 is 2.33 bits per heavy atom. The Kier molecular flexibility index (Phi) is 6.13. The Hall–Kier alpha value is -4.52. The number of H-pyrrole nitrogens is 1. The average molecular weight is 438 g/mol. The minimum Gasteiger partial charge on any atom is -0.493 e. The lowest BCUT2D eigenvalue weighted by atomic mass is 10.1. The van der Waals surface area contributed by atoms with Crippen molar-refractivity contribution in [2.24, 2.45) is 10.2 Å². The molecule has 4 rings (SSSR count). The third-order valence-corrected chi connectivity index (χ3v) is 5.07. The third-order valence-electron chi connectivity index (χ3n) is 5.07. The summed E-state index contributed by atoms with van der Waals surface area (Å²) in [7, 11) is 0. The summed E-state index contributed by atoms with van der Waals surface area (Å²) in [6.07, 6.45) is 1.53. The fraction of sp³-hybridized carbons (Fsp3) is 0.0769. The van der Waals surface area contributed by atoms with Gasteiger partial charge in [0.15, 0.2) is 5.69 Å². The van der Waals surface area contributed by atoms with Gasteiger partial charge in [0.1, 0.15) is 5.70 Å². The van der Waals surface area contributed by atoms with Crippen molar-refractivity contribution in [3.05, 3.63) is 101 Å². The van der Waals surface area contributed by atoms with Crippen molar-refractivity contribution < 1.29 is 14.7 Å². The van der Waals surface area contributed by atoms with Gasteiger partial charge < -0.3 is 15.4 Å². The van der Waals surface area contributed by atoms with Gasteiger partial charge in [-0.15, -0.1) is 10.2 Å². The first-order chi connectivity index (χ1) is 15.9. The van der Waals surface area contributed by atoms with Crippen molar-refractivity contribution in [2.45, 2.75) is 13.8 Å². The summed E-state index contributed by atoms with van der Waals surface area (Å²) < 4.78 is 0. The van der Waals surface area contributed by atoms with Gasteiger partial charge in [0.2, 0.25) is 5.88 Å². The summed E-state index contributed by atoms with van der Waals surface area (Å²) in [5.41, 5.74) is 3.89. The molecule has 2 amide bonds. The van der Waals surface area contributed by atoms with Gasteiger partial charge >= 0.3 is 5.91 Å². The lowest BCUT2D eigenvalue weighted by Gasteiger charge is -2.07. The molecule has 7 heteroatoms. The number of aromatic hydroxyl groups is 1. The molecule has 3 aromatic carbocycles. The zero-order valence-electron chi connectivity index (χ0n) is 18.2. The van der Waals surface area contributed by atoms with E-state index in [4.69, 9.17) is 0 Å². The van der Waals surface area contributed by atoms with Crippen LogP contribution in [-0.2, 0) is 4.79 Å². The molecule has 0 saturated heterocycles. The van der Waals surface area contributed by atoms with Crippen molar-refractivity contribution in [1.29, 1.82) is 0 Å². The van der Waals surface area contributed by atoms with E-state index in [1.807, 2.05) is 44.2 Å². The molecule has 33 heavy (non-hydrogen) atoms. The second-order valence-electron chi connectivity index (χ2n) is 7.62. The molecule has 0 atom stereocenters. The van der Waals surface area contributed by atoms with Crippen LogP contribution in [0.2, 0.25) is 0 Å². The summed E-state index contributed by atoms with van der Waals surface area (Å²) in [4.78, 5) is 28.5. The molecule has 0 bridgehead atoms. The van der Waals surface area contributed by atoms with E-state index >= 15 is 0 Å². The van der Waals surface area contributed by atoms with Crippen molar-refractivity contribution in [1.82, 2.24) is 10.3 Å². The monoisotopic (exact) mass is 438 g/mol. The van der Waals surface area contributed by atoms with Crippen molar-refractivity contribution in [2.75, 3.05) is 0 Å². The highest BCUT2D eigenvalue weighted by Crippen LogP contribution is 2.37. The molecule has 0 aliphatic heterocycles. The molecule has 164 valence electrons. The van der Waals surface area contributed by atoms with Crippen LogP contribution in [0.5, 0.6) is 5.88 Å². The molecule has 0 aliphatic rings. The third kappa shape index (κ3) is 4.88. The number of carbonyl (C=O) groups excluding carboxylic acids is 2. The largest absolute Gasteiger partial charge is 0.493 e. The first kappa shape index (κ1) is 21.7. The van der Waals surface area contributed by atoms with Gasteiger partial charge in [-0.05, 0) is 49.2 Å². The van der Waals surface area contributed by atoms with Gasteiger partial charge in [0.05, 0.1) is 5.52 Å². The zero-order valence-corrected chi connectivity index (χ0v) is 18.2. The number of nitrogens with zero attached hydrogens (tertiary/aromatic N) is 2. The topological polar surface area (TPSA) is 107 Å². The quantitative estimate of drug-likeness (QED) is 0.280. The van der Waals surface area contributed by atoms with Crippen LogP contribution >= 0.6 is 0 Å². The van der Waals surface area contributed by atoms with Gasteiger partial charge in [0.25, 0.3) is 5.91 Å². The van der Waals surface area contributed by atoms with E-state index < -0.39 is 11.8 Å². The second kappa shape index (κ2) is 9.32. The minimum absolute atomic E-state index is 0.0366. The summed E-state index contributed by atoms with van der Waals surface area (Å²) >= 11 is 0. The number of fused-ring (bicyclic) bond motifs is 1. The Bertz CT molecular complexity index is 1390. The van der Waals surface area contributed by atoms with Crippen LogP contribution in [0, 0.1) is 13.8 Å². The summed E-state index contributed by atoms with van der Waals surface area (Å²) in [6.45, 7) is 3.85. The number of hydrogen-bond donors (Lipinski definition) is 3. The van der Waals surface area contributed by atoms with E-state index in [1.54, 1.807) is 42.5 Å². The number of nitrogens with one attached hydrogen (secondary N) is 2. The molecule has 0 fully saturated rings. The molecule has 1 heterocycles. The molecule has 1 aromatic heterocycles. The molecular weight excluding hydrogens is 416 g/mol. The normalized spacial score (nSPS) is 11.8. The van der Waals surface area contributed by atoms with E-state index in [1.165, 1.54) is 6.08 Å². The van der Waals surface area contributed by atoms with Crippen molar-refractivity contribution in [3.8, 4) is 5.88 Å².